The molecule has 9 nitrogen and oxygen atoms in total. The molecular formula is C28H37N4O5P. The maximum Gasteiger partial charge on any atom is 0.320 e. The maximum absolute atomic E-state index is 12.1. The lowest BCUT2D eigenvalue weighted by Crippen LogP contribution is -2.35. The van der Waals surface area contributed by atoms with Crippen LogP contribution >= 0.6 is 8.30 Å². The number of hydrogen-bond acceptors (Lipinski definition) is 9. The van der Waals surface area contributed by atoms with Crippen molar-refractivity contribution in [2.75, 3.05) is 44.9 Å². The summed E-state index contributed by atoms with van der Waals surface area (Å²) in [6.45, 7) is 5.67. The van der Waals surface area contributed by atoms with Gasteiger partial charge in [-0.2, -0.15) is 0 Å². The molecule has 0 radical (unpaired) electrons. The first kappa shape index (κ1) is 27.9. The van der Waals surface area contributed by atoms with Crippen molar-refractivity contribution in [3.63, 3.8) is 0 Å². The van der Waals surface area contributed by atoms with Gasteiger partial charge in [0.25, 0.3) is 0 Å². The topological polar surface area (TPSA) is 95.0 Å². The summed E-state index contributed by atoms with van der Waals surface area (Å²) in [5.74, 6) is 3.37. The molecule has 1 aliphatic heterocycles. The first-order chi connectivity index (χ1) is 18.5. The maximum atomic E-state index is 12.1. The molecule has 1 saturated heterocycles. The summed E-state index contributed by atoms with van der Waals surface area (Å²) >= 11 is 0. The number of rotatable bonds is 12. The number of carbonyl (C=O) groups excluding carboxylic acids is 1. The highest BCUT2D eigenvalue weighted by Gasteiger charge is 2.24. The number of carbonyl (C=O) groups is 1. The van der Waals surface area contributed by atoms with Gasteiger partial charge in [-0.3, -0.25) is 9.88 Å². The molecule has 38 heavy (non-hydrogen) atoms. The van der Waals surface area contributed by atoms with Crippen molar-refractivity contribution < 1.29 is 23.5 Å². The highest BCUT2D eigenvalue weighted by atomic mass is 31.2. The number of aromatic nitrogens is 2. The molecule has 1 N–H and O–H groups in total. The Balaban J connectivity index is 1.36. The molecule has 204 valence electrons. The summed E-state index contributed by atoms with van der Waals surface area (Å²) in [4.78, 5) is 23.5. The van der Waals surface area contributed by atoms with Gasteiger partial charge in [-0.05, 0) is 57.2 Å². The van der Waals surface area contributed by atoms with Crippen LogP contribution in [0.15, 0.2) is 48.8 Å². The molecule has 0 bridgehead atoms. The molecule has 2 aromatic carbocycles. The van der Waals surface area contributed by atoms with E-state index in [-0.39, 0.29) is 18.6 Å². The zero-order valence-electron chi connectivity index (χ0n) is 22.6. The Kier molecular flexibility index (Phi) is 9.96. The number of anilines is 1. The molecule has 3 aromatic rings. The average Bonchev–Trinajstić information content (AvgIpc) is 2.93. The minimum Gasteiger partial charge on any atom is -0.493 e. The minimum absolute atomic E-state index is 0.133. The number of para-hydroxylation sites is 1. The number of nitrogens with one attached hydrogen (secondary N) is 1. The van der Waals surface area contributed by atoms with E-state index < -0.39 is 8.30 Å². The van der Waals surface area contributed by atoms with Crippen molar-refractivity contribution in [1.29, 1.82) is 0 Å². The van der Waals surface area contributed by atoms with E-state index in [0.717, 1.165) is 61.0 Å². The van der Waals surface area contributed by atoms with Crippen LogP contribution in [0, 0.1) is 5.92 Å². The van der Waals surface area contributed by atoms with Gasteiger partial charge < -0.3 is 23.6 Å². The Morgan fingerprint density at radius 1 is 1.08 bits per heavy atom. The van der Waals surface area contributed by atoms with Crippen LogP contribution < -0.4 is 24.0 Å². The lowest BCUT2D eigenvalue weighted by molar-refractivity contribution is -0.145. The fourth-order valence-corrected chi connectivity index (χ4v) is 6.17. The first-order valence-corrected chi connectivity index (χ1v) is 14.5. The lowest BCUT2D eigenvalue weighted by Gasteiger charge is -2.34. The average molecular weight is 541 g/mol. The summed E-state index contributed by atoms with van der Waals surface area (Å²) in [6.07, 6.45) is 5.47. The van der Waals surface area contributed by atoms with Crippen molar-refractivity contribution in [3.05, 3.63) is 48.8 Å². The SMILES string of the molecule is COc1cc2ncnc(N3CCC(CCP(NCC(=O)OC(C)C)Oc4ccccc4)CC3)c2cc1OC. The number of methoxy groups -OCH3 is 2. The van der Waals surface area contributed by atoms with Crippen molar-refractivity contribution in [3.8, 4) is 17.2 Å². The molecule has 2 heterocycles. The Morgan fingerprint density at radius 3 is 2.47 bits per heavy atom. The van der Waals surface area contributed by atoms with E-state index in [2.05, 4.69) is 20.0 Å². The van der Waals surface area contributed by atoms with Crippen LogP contribution in [0.2, 0.25) is 0 Å². The normalized spacial score (nSPS) is 14.9. The summed E-state index contributed by atoms with van der Waals surface area (Å²) in [5, 5.41) is 4.27. The second-order valence-electron chi connectivity index (χ2n) is 9.52. The number of nitrogens with zero attached hydrogens (tertiary/aromatic N) is 3. The van der Waals surface area contributed by atoms with E-state index in [4.69, 9.17) is 18.7 Å². The fourth-order valence-electron chi connectivity index (χ4n) is 4.58. The number of piperidine rings is 1. The minimum atomic E-state index is -1.02. The van der Waals surface area contributed by atoms with Gasteiger partial charge in [0, 0.05) is 30.7 Å². The fraction of sp³-hybridized carbons (Fsp3) is 0.464. The third kappa shape index (κ3) is 7.45. The predicted molar refractivity (Wildman–Crippen MR) is 150 cm³/mol. The Morgan fingerprint density at radius 2 is 1.79 bits per heavy atom. The summed E-state index contributed by atoms with van der Waals surface area (Å²) in [6, 6.07) is 13.6. The van der Waals surface area contributed by atoms with E-state index >= 15 is 0 Å². The summed E-state index contributed by atoms with van der Waals surface area (Å²) in [5.41, 5.74) is 0.834. The van der Waals surface area contributed by atoms with Crippen LogP contribution in [-0.2, 0) is 9.53 Å². The van der Waals surface area contributed by atoms with Crippen LogP contribution in [0.5, 0.6) is 17.2 Å². The van der Waals surface area contributed by atoms with Crippen LogP contribution in [-0.4, -0.2) is 62.1 Å². The molecule has 1 aromatic heterocycles. The number of fused-ring (bicyclic) bond motifs is 1. The van der Waals surface area contributed by atoms with Crippen molar-refractivity contribution >= 4 is 31.0 Å². The largest absolute Gasteiger partial charge is 0.493 e. The van der Waals surface area contributed by atoms with Gasteiger partial charge in [-0.25, -0.2) is 9.97 Å². The molecule has 1 atom stereocenters. The van der Waals surface area contributed by atoms with E-state index in [9.17, 15) is 4.79 Å². The van der Waals surface area contributed by atoms with Crippen LogP contribution in [0.3, 0.4) is 0 Å². The van der Waals surface area contributed by atoms with Crippen LogP contribution in [0.4, 0.5) is 5.82 Å². The highest BCUT2D eigenvalue weighted by molar-refractivity contribution is 7.50. The van der Waals surface area contributed by atoms with Crippen molar-refractivity contribution in [2.24, 2.45) is 5.92 Å². The zero-order chi connectivity index (χ0) is 26.9. The van der Waals surface area contributed by atoms with Crippen LogP contribution in [0.25, 0.3) is 10.9 Å². The van der Waals surface area contributed by atoms with Gasteiger partial charge >= 0.3 is 5.97 Å². The molecule has 0 saturated carbocycles. The van der Waals surface area contributed by atoms with Crippen molar-refractivity contribution in [2.45, 2.75) is 39.2 Å². The summed E-state index contributed by atoms with van der Waals surface area (Å²) < 4.78 is 22.5. The van der Waals surface area contributed by atoms with Crippen LogP contribution in [0.1, 0.15) is 33.1 Å². The van der Waals surface area contributed by atoms with E-state index in [0.29, 0.717) is 17.4 Å². The van der Waals surface area contributed by atoms with E-state index in [1.807, 2.05) is 56.3 Å². The molecule has 0 amide bonds. The zero-order valence-corrected chi connectivity index (χ0v) is 23.4. The Labute approximate surface area is 225 Å². The third-order valence-electron chi connectivity index (χ3n) is 6.50. The number of hydrogen-bond donors (Lipinski definition) is 1. The molecule has 4 rings (SSSR count). The van der Waals surface area contributed by atoms with Gasteiger partial charge in [0.15, 0.2) is 19.8 Å². The standard InChI is InChI=1S/C28H37N4O5P/c1-20(2)36-27(33)18-31-38(37-22-8-6-5-7-9-22)15-12-21-10-13-32(14-11-21)28-23-16-25(34-3)26(35-4)17-24(23)29-19-30-28/h5-9,16-17,19-21,31H,10-15,18H2,1-4H3. The molecule has 1 fully saturated rings. The van der Waals surface area contributed by atoms with Gasteiger partial charge in [-0.15, -0.1) is 0 Å². The quantitative estimate of drug-likeness (QED) is 0.246. The van der Waals surface area contributed by atoms with E-state index in [1.54, 1.807) is 20.5 Å². The molecule has 10 heteroatoms. The van der Waals surface area contributed by atoms with Gasteiger partial charge in [0.2, 0.25) is 0 Å². The van der Waals surface area contributed by atoms with Gasteiger partial charge in [-0.1, -0.05) is 18.2 Å². The van der Waals surface area contributed by atoms with Crippen molar-refractivity contribution in [1.82, 2.24) is 15.1 Å². The number of ether oxygens (including phenoxy) is 3. The first-order valence-electron chi connectivity index (χ1n) is 13.0. The molecule has 0 aliphatic carbocycles. The monoisotopic (exact) mass is 540 g/mol. The highest BCUT2D eigenvalue weighted by Crippen LogP contribution is 2.39. The second kappa shape index (κ2) is 13.6. The Hall–Kier alpha value is -3.16. The smallest absolute Gasteiger partial charge is 0.320 e. The second-order valence-corrected chi connectivity index (χ2v) is 11.2. The summed E-state index contributed by atoms with van der Waals surface area (Å²) in [7, 11) is 2.24. The lowest BCUT2D eigenvalue weighted by atomic mass is 9.94. The predicted octanol–water partition coefficient (Wildman–Crippen LogP) is 5.19. The van der Waals surface area contributed by atoms with Gasteiger partial charge in [0.1, 0.15) is 24.4 Å². The third-order valence-corrected chi connectivity index (χ3v) is 8.11. The number of esters is 1. The Bertz CT molecular complexity index is 1190. The molecule has 1 unspecified atom stereocenters. The molecule has 1 aliphatic rings. The number of benzene rings is 2. The molecular weight excluding hydrogens is 503 g/mol. The van der Waals surface area contributed by atoms with E-state index in [1.165, 1.54) is 0 Å². The van der Waals surface area contributed by atoms with Gasteiger partial charge in [0.05, 0.1) is 25.8 Å². The molecule has 0 spiro atoms.